The highest BCUT2D eigenvalue weighted by Gasteiger charge is 2.03. The average Bonchev–Trinajstić information content (AvgIpc) is 1.69. The van der Waals surface area contributed by atoms with Crippen LogP contribution in [0.15, 0.2) is 0 Å². The predicted molar refractivity (Wildman–Crippen MR) is 38.0 cm³/mol. The molecule has 1 rings (SSSR count). The molecule has 0 aromatic rings. The molecule has 0 aromatic carbocycles. The minimum Gasteiger partial charge on any atom is -0.315 e. The van der Waals surface area contributed by atoms with Crippen molar-refractivity contribution < 1.29 is 4.21 Å². The van der Waals surface area contributed by atoms with E-state index in [0.29, 0.717) is 0 Å². The van der Waals surface area contributed by atoms with E-state index in [0.717, 1.165) is 24.6 Å². The Morgan fingerprint density at radius 2 is 1.75 bits per heavy atom. The van der Waals surface area contributed by atoms with E-state index in [-0.39, 0.29) is 12.4 Å². The van der Waals surface area contributed by atoms with E-state index in [1.807, 2.05) is 0 Å². The summed E-state index contributed by atoms with van der Waals surface area (Å²) in [5, 5.41) is 3.12. The Morgan fingerprint density at radius 3 is 2.00 bits per heavy atom. The molecule has 1 fully saturated rings. The third kappa shape index (κ3) is 2.64. The molecule has 0 unspecified atom stereocenters. The van der Waals surface area contributed by atoms with E-state index in [1.54, 1.807) is 0 Å². The zero-order valence-corrected chi connectivity index (χ0v) is 6.19. The van der Waals surface area contributed by atoms with Gasteiger partial charge >= 0.3 is 0 Å². The lowest BCUT2D eigenvalue weighted by molar-refractivity contribution is 0.659. The summed E-state index contributed by atoms with van der Waals surface area (Å²) in [6.45, 7) is 1.87. The lowest BCUT2D eigenvalue weighted by Gasteiger charge is -2.09. The predicted octanol–water partition coefficient (Wildman–Crippen LogP) is -0.240. The van der Waals surface area contributed by atoms with Gasteiger partial charge in [0.15, 0.2) is 0 Å². The van der Waals surface area contributed by atoms with Crippen molar-refractivity contribution in [1.29, 1.82) is 0 Å². The molecule has 4 heteroatoms. The summed E-state index contributed by atoms with van der Waals surface area (Å²) in [5.41, 5.74) is 0. The quantitative estimate of drug-likeness (QED) is 0.523. The van der Waals surface area contributed by atoms with Crippen LogP contribution in [0.2, 0.25) is 0 Å². The van der Waals surface area contributed by atoms with Crippen molar-refractivity contribution in [3.8, 4) is 0 Å². The van der Waals surface area contributed by atoms with Gasteiger partial charge in [0.25, 0.3) is 0 Å². The fourth-order valence-corrected chi connectivity index (χ4v) is 1.55. The van der Waals surface area contributed by atoms with Crippen LogP contribution in [-0.4, -0.2) is 28.8 Å². The Balaban J connectivity index is 0.000000490. The fraction of sp³-hybridized carbons (Fsp3) is 1.00. The Hall–Kier alpha value is 0.400. The van der Waals surface area contributed by atoms with Crippen molar-refractivity contribution in [3.63, 3.8) is 0 Å². The van der Waals surface area contributed by atoms with Gasteiger partial charge in [0.1, 0.15) is 0 Å². The minimum atomic E-state index is -0.503. The molecule has 1 saturated heterocycles. The van der Waals surface area contributed by atoms with Gasteiger partial charge in [0.2, 0.25) is 0 Å². The van der Waals surface area contributed by atoms with E-state index in [2.05, 4.69) is 5.32 Å². The van der Waals surface area contributed by atoms with Gasteiger partial charge in [-0.3, -0.25) is 4.21 Å². The Kier molecular flexibility index (Phi) is 4.51. The van der Waals surface area contributed by atoms with Gasteiger partial charge in [0, 0.05) is 35.4 Å². The maximum Gasteiger partial charge on any atom is 0.0360 e. The third-order valence-corrected chi connectivity index (χ3v) is 2.33. The summed E-state index contributed by atoms with van der Waals surface area (Å²) in [7, 11) is -0.503. The van der Waals surface area contributed by atoms with Crippen molar-refractivity contribution in [2.75, 3.05) is 24.6 Å². The summed E-state index contributed by atoms with van der Waals surface area (Å²) in [6, 6.07) is 0. The Labute approximate surface area is 57.9 Å². The van der Waals surface area contributed by atoms with Crippen molar-refractivity contribution in [1.82, 2.24) is 5.32 Å². The van der Waals surface area contributed by atoms with Crippen LogP contribution in [0, 0.1) is 0 Å². The van der Waals surface area contributed by atoms with Crippen molar-refractivity contribution in [2.45, 2.75) is 0 Å². The molecule has 0 amide bonds. The average molecular weight is 156 g/mol. The van der Waals surface area contributed by atoms with Crippen LogP contribution in [0.25, 0.3) is 0 Å². The Bertz CT molecular complexity index is 80.1. The Morgan fingerprint density at radius 1 is 1.25 bits per heavy atom. The second-order valence-corrected chi connectivity index (χ2v) is 3.29. The lowest BCUT2D eigenvalue weighted by atomic mass is 10.6. The van der Waals surface area contributed by atoms with Gasteiger partial charge in [-0.2, -0.15) is 0 Å². The third-order valence-electron chi connectivity index (χ3n) is 1.01. The molecular formula is C4H10ClNOS. The molecule has 1 aliphatic rings. The molecule has 0 radical (unpaired) electrons. The molecular weight excluding hydrogens is 146 g/mol. The first-order chi connectivity index (χ1) is 3.39. The molecule has 8 heavy (non-hydrogen) atoms. The van der Waals surface area contributed by atoms with Crippen LogP contribution in [0.1, 0.15) is 0 Å². The van der Waals surface area contributed by atoms with Crippen LogP contribution in [0.5, 0.6) is 0 Å². The number of hydrogen-bond acceptors (Lipinski definition) is 2. The summed E-state index contributed by atoms with van der Waals surface area (Å²) in [5.74, 6) is 1.69. The first kappa shape index (κ1) is 8.40. The summed E-state index contributed by atoms with van der Waals surface area (Å²) in [4.78, 5) is 0. The molecule has 0 bridgehead atoms. The largest absolute Gasteiger partial charge is 0.315 e. The van der Waals surface area contributed by atoms with Crippen LogP contribution < -0.4 is 5.32 Å². The second kappa shape index (κ2) is 4.30. The number of hydrogen-bond donors (Lipinski definition) is 1. The molecule has 50 valence electrons. The van der Waals surface area contributed by atoms with E-state index in [4.69, 9.17) is 0 Å². The molecule has 2 nitrogen and oxygen atoms in total. The van der Waals surface area contributed by atoms with E-state index >= 15 is 0 Å². The van der Waals surface area contributed by atoms with Gasteiger partial charge in [0.05, 0.1) is 0 Å². The smallest absolute Gasteiger partial charge is 0.0360 e. The molecule has 0 aromatic heterocycles. The topological polar surface area (TPSA) is 29.1 Å². The number of rotatable bonds is 0. The molecule has 0 saturated carbocycles. The first-order valence-electron chi connectivity index (χ1n) is 2.45. The highest BCUT2D eigenvalue weighted by atomic mass is 35.5. The molecule has 0 atom stereocenters. The molecule has 1 heterocycles. The monoisotopic (exact) mass is 155 g/mol. The second-order valence-electron chi connectivity index (χ2n) is 1.60. The zero-order valence-electron chi connectivity index (χ0n) is 4.55. The summed E-state index contributed by atoms with van der Waals surface area (Å²) in [6.07, 6.45) is 0. The minimum absolute atomic E-state index is 0. The van der Waals surface area contributed by atoms with Gasteiger partial charge in [-0.05, 0) is 0 Å². The van der Waals surface area contributed by atoms with E-state index in [1.165, 1.54) is 0 Å². The van der Waals surface area contributed by atoms with E-state index < -0.39 is 10.8 Å². The van der Waals surface area contributed by atoms with Crippen molar-refractivity contribution in [3.05, 3.63) is 0 Å². The van der Waals surface area contributed by atoms with Crippen LogP contribution in [0.3, 0.4) is 0 Å². The molecule has 0 spiro atoms. The van der Waals surface area contributed by atoms with Gasteiger partial charge in [-0.15, -0.1) is 12.4 Å². The maximum atomic E-state index is 10.5. The van der Waals surface area contributed by atoms with Crippen LogP contribution in [0.4, 0.5) is 0 Å². The van der Waals surface area contributed by atoms with E-state index in [9.17, 15) is 4.21 Å². The van der Waals surface area contributed by atoms with Crippen LogP contribution in [-0.2, 0) is 10.8 Å². The van der Waals surface area contributed by atoms with Gasteiger partial charge < -0.3 is 5.32 Å². The SMILES string of the molecule is Cl.O=S1CCNCC1. The number of nitrogens with one attached hydrogen (secondary N) is 1. The normalized spacial score (nSPS) is 22.0. The highest BCUT2D eigenvalue weighted by Crippen LogP contribution is 1.84. The highest BCUT2D eigenvalue weighted by molar-refractivity contribution is 7.85. The number of halogens is 1. The summed E-state index contributed by atoms with van der Waals surface area (Å²) < 4.78 is 10.5. The lowest BCUT2D eigenvalue weighted by Crippen LogP contribution is -2.32. The molecule has 1 N–H and O–H groups in total. The molecule has 0 aliphatic carbocycles. The van der Waals surface area contributed by atoms with Gasteiger partial charge in [-0.1, -0.05) is 0 Å². The standard InChI is InChI=1S/C4H9NOS.ClH/c6-7-3-1-5-2-4-7;/h5H,1-4H2;1H. The van der Waals surface area contributed by atoms with Crippen molar-refractivity contribution >= 4 is 23.2 Å². The first-order valence-corrected chi connectivity index (χ1v) is 3.94. The maximum absolute atomic E-state index is 10.5. The molecule has 1 aliphatic heterocycles. The zero-order chi connectivity index (χ0) is 5.11. The van der Waals surface area contributed by atoms with Crippen molar-refractivity contribution in [2.24, 2.45) is 0 Å². The fourth-order valence-electron chi connectivity index (χ4n) is 0.599. The van der Waals surface area contributed by atoms with Crippen LogP contribution >= 0.6 is 12.4 Å². The summed E-state index contributed by atoms with van der Waals surface area (Å²) >= 11 is 0. The van der Waals surface area contributed by atoms with Gasteiger partial charge in [-0.25, -0.2) is 0 Å².